The molecule has 0 spiro atoms. The van der Waals surface area contributed by atoms with Crippen LogP contribution in [0.4, 0.5) is 0 Å². The zero-order valence-corrected chi connectivity index (χ0v) is 39.4. The molecule has 0 radical (unpaired) electrons. The van der Waals surface area contributed by atoms with E-state index >= 15 is 0 Å². The van der Waals surface area contributed by atoms with E-state index in [1.165, 1.54) is 135 Å². The maximum absolute atomic E-state index is 13.2. The van der Waals surface area contributed by atoms with E-state index in [4.69, 9.17) is 4.74 Å². The summed E-state index contributed by atoms with van der Waals surface area (Å²) < 4.78 is 5.91. The number of rotatable bonds is 46. The van der Waals surface area contributed by atoms with E-state index in [1.54, 1.807) is 0 Å². The number of carbonyl (C=O) groups is 2. The Kier molecular flexibility index (Phi) is 45.6. The fourth-order valence-electron chi connectivity index (χ4n) is 7.77. The lowest BCUT2D eigenvalue weighted by Gasteiger charge is -2.24. The molecule has 0 aromatic heterocycles. The molecule has 0 aliphatic heterocycles. The molecule has 0 aliphatic rings. The van der Waals surface area contributed by atoms with Crippen molar-refractivity contribution in [2.24, 2.45) is 0 Å². The predicted octanol–water partition coefficient (Wildman–Crippen LogP) is 15.3. The molecule has 6 heteroatoms. The van der Waals surface area contributed by atoms with Crippen molar-refractivity contribution in [2.45, 2.75) is 283 Å². The number of allylic oxidation sites excluding steroid dienone is 6. The molecule has 3 N–H and O–H groups in total. The Hall–Kier alpha value is -1.92. The van der Waals surface area contributed by atoms with E-state index in [0.29, 0.717) is 19.3 Å². The Bertz CT molecular complexity index is 977. The van der Waals surface area contributed by atoms with Crippen molar-refractivity contribution >= 4 is 11.9 Å². The van der Waals surface area contributed by atoms with Crippen LogP contribution in [0.1, 0.15) is 265 Å². The maximum Gasteiger partial charge on any atom is 0.306 e. The normalized spacial score (nSPS) is 13.5. The summed E-state index contributed by atoms with van der Waals surface area (Å²) in [5.74, 6) is -0.502. The van der Waals surface area contributed by atoms with Crippen molar-refractivity contribution in [2.75, 3.05) is 6.61 Å². The average molecular weight is 830 g/mol. The van der Waals surface area contributed by atoms with Crippen molar-refractivity contribution in [3.05, 3.63) is 36.5 Å². The second-order valence-electron chi connectivity index (χ2n) is 17.6. The van der Waals surface area contributed by atoms with Crippen LogP contribution in [-0.2, 0) is 14.3 Å². The highest BCUT2D eigenvalue weighted by Crippen LogP contribution is 2.17. The van der Waals surface area contributed by atoms with Gasteiger partial charge in [0.2, 0.25) is 5.91 Å². The minimum atomic E-state index is -0.791. The Morgan fingerprint density at radius 1 is 0.492 bits per heavy atom. The lowest BCUT2D eigenvalue weighted by atomic mass is 10.0. The summed E-state index contributed by atoms with van der Waals surface area (Å²) in [5.41, 5.74) is 0. The Labute approximate surface area is 366 Å². The second kappa shape index (κ2) is 47.1. The summed E-state index contributed by atoms with van der Waals surface area (Å²) in [6.45, 7) is 6.44. The van der Waals surface area contributed by atoms with Gasteiger partial charge >= 0.3 is 5.97 Å². The van der Waals surface area contributed by atoms with Gasteiger partial charge in [0.25, 0.3) is 0 Å². The zero-order chi connectivity index (χ0) is 43.1. The number of aliphatic hydroxyl groups is 2. The predicted molar refractivity (Wildman–Crippen MR) is 255 cm³/mol. The number of ether oxygens (including phenoxy) is 1. The van der Waals surface area contributed by atoms with Gasteiger partial charge in [-0.15, -0.1) is 0 Å². The van der Waals surface area contributed by atoms with E-state index in [1.807, 2.05) is 0 Å². The molecule has 0 rings (SSSR count). The minimum absolute atomic E-state index is 0.0622. The van der Waals surface area contributed by atoms with E-state index in [0.717, 1.165) is 83.5 Å². The van der Waals surface area contributed by atoms with E-state index in [2.05, 4.69) is 62.5 Å². The number of unbranched alkanes of at least 4 members (excludes halogenated alkanes) is 29. The van der Waals surface area contributed by atoms with Gasteiger partial charge in [0.15, 0.2) is 0 Å². The monoisotopic (exact) mass is 830 g/mol. The van der Waals surface area contributed by atoms with Crippen LogP contribution in [0.5, 0.6) is 0 Å². The first-order valence-corrected chi connectivity index (χ1v) is 25.7. The molecule has 346 valence electrons. The van der Waals surface area contributed by atoms with Crippen molar-refractivity contribution in [3.63, 3.8) is 0 Å². The van der Waals surface area contributed by atoms with E-state index in [-0.39, 0.29) is 24.9 Å². The SMILES string of the molecule is CCCCC/C=C\CCCCCC(CC(=O)NC(CO)C(O)CCCCCCCCCCCCCC)OC(=O)CCCCCCC/C=C/C=C/CCCCCCCCC. The van der Waals surface area contributed by atoms with Gasteiger partial charge in [0.1, 0.15) is 6.10 Å². The quantitative estimate of drug-likeness (QED) is 0.0246. The third kappa shape index (κ3) is 42.6. The minimum Gasteiger partial charge on any atom is -0.462 e. The maximum atomic E-state index is 13.2. The molecular formula is C53H99NO5. The van der Waals surface area contributed by atoms with Gasteiger partial charge in [-0.3, -0.25) is 9.59 Å². The first kappa shape index (κ1) is 57.1. The molecule has 6 nitrogen and oxygen atoms in total. The smallest absolute Gasteiger partial charge is 0.306 e. The highest BCUT2D eigenvalue weighted by Gasteiger charge is 2.24. The van der Waals surface area contributed by atoms with Gasteiger partial charge in [-0.2, -0.15) is 0 Å². The third-order valence-electron chi connectivity index (χ3n) is 11.7. The average Bonchev–Trinajstić information content (AvgIpc) is 3.23. The molecule has 0 aromatic carbocycles. The summed E-state index contributed by atoms with van der Waals surface area (Å²) in [5, 5.41) is 23.7. The number of hydrogen-bond acceptors (Lipinski definition) is 5. The van der Waals surface area contributed by atoms with Crippen molar-refractivity contribution in [1.29, 1.82) is 0 Å². The number of esters is 1. The number of nitrogens with one attached hydrogen (secondary N) is 1. The lowest BCUT2D eigenvalue weighted by Crippen LogP contribution is -2.46. The molecule has 0 heterocycles. The largest absolute Gasteiger partial charge is 0.462 e. The molecule has 0 saturated carbocycles. The van der Waals surface area contributed by atoms with Crippen LogP contribution in [0.2, 0.25) is 0 Å². The molecule has 0 bridgehead atoms. The topological polar surface area (TPSA) is 95.9 Å². The second-order valence-corrected chi connectivity index (χ2v) is 17.6. The van der Waals surface area contributed by atoms with Crippen LogP contribution in [-0.4, -0.2) is 46.9 Å². The number of carbonyl (C=O) groups excluding carboxylic acids is 2. The third-order valence-corrected chi connectivity index (χ3v) is 11.7. The fraction of sp³-hybridized carbons (Fsp3) is 0.849. The van der Waals surface area contributed by atoms with Gasteiger partial charge in [-0.05, 0) is 77.0 Å². The standard InChI is InChI=1S/C53H99NO5/c1-4-7-10-13-16-19-22-24-25-26-27-28-29-31-34-37-40-43-46-53(58)59-49(44-41-38-35-32-21-18-15-12-9-6-3)47-52(57)54-50(48-55)51(56)45-42-39-36-33-30-23-20-17-14-11-8-5-2/h18,21,25-28,49-51,55-56H,4-17,19-20,22-24,29-48H2,1-3H3,(H,54,57)/b21-18-,26-25+,28-27+. The Morgan fingerprint density at radius 2 is 0.864 bits per heavy atom. The number of hydrogen-bond donors (Lipinski definition) is 3. The Morgan fingerprint density at radius 3 is 1.36 bits per heavy atom. The summed E-state index contributed by atoms with van der Waals surface area (Å²) in [6.07, 6.45) is 54.9. The highest BCUT2D eigenvalue weighted by molar-refractivity contribution is 5.77. The fourth-order valence-corrected chi connectivity index (χ4v) is 7.77. The molecule has 0 saturated heterocycles. The highest BCUT2D eigenvalue weighted by atomic mass is 16.5. The van der Waals surface area contributed by atoms with Gasteiger partial charge < -0.3 is 20.3 Å². The Balaban J connectivity index is 4.52. The summed E-state index contributed by atoms with van der Waals surface area (Å²) >= 11 is 0. The van der Waals surface area contributed by atoms with Crippen LogP contribution in [0.3, 0.4) is 0 Å². The van der Waals surface area contributed by atoms with E-state index in [9.17, 15) is 19.8 Å². The molecule has 0 aliphatic carbocycles. The van der Waals surface area contributed by atoms with Crippen molar-refractivity contribution < 1.29 is 24.5 Å². The molecule has 3 unspecified atom stereocenters. The first-order valence-electron chi connectivity index (χ1n) is 25.7. The summed E-state index contributed by atoms with van der Waals surface area (Å²) in [7, 11) is 0. The number of aliphatic hydroxyl groups excluding tert-OH is 2. The zero-order valence-electron chi connectivity index (χ0n) is 39.4. The first-order chi connectivity index (χ1) is 29.0. The molecular weight excluding hydrogens is 731 g/mol. The summed E-state index contributed by atoms with van der Waals surface area (Å²) in [6, 6.07) is -0.706. The lowest BCUT2D eigenvalue weighted by molar-refractivity contribution is -0.151. The summed E-state index contributed by atoms with van der Waals surface area (Å²) in [4.78, 5) is 26.1. The number of amides is 1. The van der Waals surface area contributed by atoms with Crippen LogP contribution < -0.4 is 5.32 Å². The molecule has 3 atom stereocenters. The van der Waals surface area contributed by atoms with Gasteiger partial charge in [0, 0.05) is 6.42 Å². The van der Waals surface area contributed by atoms with Gasteiger partial charge in [-0.25, -0.2) is 0 Å². The van der Waals surface area contributed by atoms with Crippen molar-refractivity contribution in [1.82, 2.24) is 5.32 Å². The van der Waals surface area contributed by atoms with Crippen LogP contribution >= 0.6 is 0 Å². The molecule has 1 amide bonds. The molecule has 0 aromatic rings. The van der Waals surface area contributed by atoms with Gasteiger partial charge in [-0.1, -0.05) is 211 Å². The van der Waals surface area contributed by atoms with Crippen LogP contribution in [0.15, 0.2) is 36.5 Å². The van der Waals surface area contributed by atoms with Crippen molar-refractivity contribution in [3.8, 4) is 0 Å². The van der Waals surface area contributed by atoms with Gasteiger partial charge in [0.05, 0.1) is 25.2 Å². The van der Waals surface area contributed by atoms with Crippen LogP contribution in [0, 0.1) is 0 Å². The molecule has 0 fully saturated rings. The van der Waals surface area contributed by atoms with E-state index < -0.39 is 18.2 Å². The van der Waals surface area contributed by atoms with Crippen LogP contribution in [0.25, 0.3) is 0 Å². The molecule has 59 heavy (non-hydrogen) atoms.